The summed E-state index contributed by atoms with van der Waals surface area (Å²) >= 11 is 0. The van der Waals surface area contributed by atoms with E-state index < -0.39 is 11.9 Å². The molecule has 0 aromatic heterocycles. The lowest BCUT2D eigenvalue weighted by Crippen LogP contribution is -2.34. The zero-order valence-electron chi connectivity index (χ0n) is 17.0. The van der Waals surface area contributed by atoms with Gasteiger partial charge in [-0.15, -0.1) is 0 Å². The van der Waals surface area contributed by atoms with Crippen molar-refractivity contribution in [2.75, 3.05) is 20.3 Å². The van der Waals surface area contributed by atoms with E-state index >= 15 is 0 Å². The van der Waals surface area contributed by atoms with Crippen molar-refractivity contribution in [3.63, 3.8) is 0 Å². The minimum Gasteiger partial charge on any atom is -0.497 e. The third kappa shape index (κ3) is 4.50. The molecule has 0 bridgehead atoms. The number of carbonyl (C=O) groups is 2. The fourth-order valence-corrected chi connectivity index (χ4v) is 3.76. The van der Waals surface area contributed by atoms with Crippen molar-refractivity contribution in [3.05, 3.63) is 65.7 Å². The zero-order valence-corrected chi connectivity index (χ0v) is 17.0. The lowest BCUT2D eigenvalue weighted by atomic mass is 9.73. The van der Waals surface area contributed by atoms with Crippen LogP contribution in [0.4, 0.5) is 0 Å². The molecule has 0 fully saturated rings. The maximum absolute atomic E-state index is 13.0. The van der Waals surface area contributed by atoms with Crippen LogP contribution >= 0.6 is 0 Å². The first-order valence-corrected chi connectivity index (χ1v) is 9.86. The van der Waals surface area contributed by atoms with Crippen LogP contribution in [0.15, 0.2) is 54.6 Å². The average Bonchev–Trinajstić information content (AvgIpc) is 2.74. The second kappa shape index (κ2) is 9.41. The molecule has 0 saturated heterocycles. The van der Waals surface area contributed by atoms with Gasteiger partial charge in [0.2, 0.25) is 0 Å². The molecular formula is C24H26O5. The van der Waals surface area contributed by atoms with Crippen LogP contribution in [0.5, 0.6) is 11.5 Å². The average molecular weight is 394 g/mol. The number of ketones is 1. The van der Waals surface area contributed by atoms with Gasteiger partial charge in [-0.2, -0.15) is 0 Å². The van der Waals surface area contributed by atoms with Crippen LogP contribution in [0.1, 0.15) is 37.3 Å². The maximum atomic E-state index is 13.0. The van der Waals surface area contributed by atoms with Crippen molar-refractivity contribution in [1.82, 2.24) is 0 Å². The van der Waals surface area contributed by atoms with E-state index in [0.717, 1.165) is 22.4 Å². The largest absolute Gasteiger partial charge is 0.497 e. The molecule has 0 aliphatic heterocycles. The normalized spacial score (nSPS) is 18.7. The lowest BCUT2D eigenvalue weighted by Gasteiger charge is -2.30. The number of carbonyl (C=O) groups excluding carboxylic acids is 2. The van der Waals surface area contributed by atoms with Crippen molar-refractivity contribution in [3.8, 4) is 11.5 Å². The second-order valence-electron chi connectivity index (χ2n) is 6.81. The van der Waals surface area contributed by atoms with Crippen molar-refractivity contribution in [2.24, 2.45) is 5.92 Å². The summed E-state index contributed by atoms with van der Waals surface area (Å²) in [6, 6.07) is 15.2. The molecule has 5 nitrogen and oxygen atoms in total. The van der Waals surface area contributed by atoms with Gasteiger partial charge in [0.05, 0.1) is 20.3 Å². The topological polar surface area (TPSA) is 61.8 Å². The van der Waals surface area contributed by atoms with Gasteiger partial charge >= 0.3 is 5.97 Å². The molecule has 2 aromatic carbocycles. The van der Waals surface area contributed by atoms with Crippen molar-refractivity contribution < 1.29 is 23.8 Å². The Labute approximate surface area is 171 Å². The van der Waals surface area contributed by atoms with Crippen LogP contribution in [-0.2, 0) is 14.3 Å². The van der Waals surface area contributed by atoms with E-state index in [1.165, 1.54) is 0 Å². The van der Waals surface area contributed by atoms with Gasteiger partial charge in [0.1, 0.15) is 17.4 Å². The van der Waals surface area contributed by atoms with Gasteiger partial charge < -0.3 is 14.2 Å². The maximum Gasteiger partial charge on any atom is 0.317 e. The van der Waals surface area contributed by atoms with Gasteiger partial charge in [-0.3, -0.25) is 9.59 Å². The number of methoxy groups -OCH3 is 1. The summed E-state index contributed by atoms with van der Waals surface area (Å²) in [6.07, 6.45) is 2.11. The number of rotatable bonds is 7. The molecule has 0 amide bonds. The van der Waals surface area contributed by atoms with Crippen molar-refractivity contribution in [1.29, 1.82) is 0 Å². The molecule has 1 aliphatic rings. The molecule has 0 unspecified atom stereocenters. The highest BCUT2D eigenvalue weighted by atomic mass is 16.5. The number of hydrogen-bond acceptors (Lipinski definition) is 5. The van der Waals surface area contributed by atoms with E-state index in [1.54, 1.807) is 20.1 Å². The molecule has 3 rings (SSSR count). The molecule has 0 spiro atoms. The van der Waals surface area contributed by atoms with Crippen LogP contribution in [0.3, 0.4) is 0 Å². The summed E-state index contributed by atoms with van der Waals surface area (Å²) in [7, 11) is 1.61. The molecule has 5 heteroatoms. The van der Waals surface area contributed by atoms with Crippen molar-refractivity contribution in [2.45, 2.75) is 26.2 Å². The Bertz CT molecular complexity index is 898. The van der Waals surface area contributed by atoms with E-state index in [2.05, 4.69) is 0 Å². The Morgan fingerprint density at radius 3 is 2.41 bits per heavy atom. The zero-order chi connectivity index (χ0) is 20.8. The van der Waals surface area contributed by atoms with Crippen LogP contribution in [0, 0.1) is 5.92 Å². The molecule has 29 heavy (non-hydrogen) atoms. The molecule has 1 aliphatic carbocycles. The Balaban J connectivity index is 2.04. The molecule has 0 N–H and O–H groups in total. The van der Waals surface area contributed by atoms with Gasteiger partial charge in [0.15, 0.2) is 5.78 Å². The number of ether oxygens (including phenoxy) is 3. The molecule has 0 heterocycles. The van der Waals surface area contributed by atoms with E-state index in [9.17, 15) is 9.59 Å². The number of allylic oxidation sites excluding steroid dienone is 2. The highest BCUT2D eigenvalue weighted by Crippen LogP contribution is 2.43. The molecule has 0 radical (unpaired) electrons. The molecule has 2 aromatic rings. The van der Waals surface area contributed by atoms with Gasteiger partial charge in [0.25, 0.3) is 0 Å². The fourth-order valence-electron chi connectivity index (χ4n) is 3.76. The Morgan fingerprint density at radius 2 is 1.76 bits per heavy atom. The van der Waals surface area contributed by atoms with E-state index in [0.29, 0.717) is 18.8 Å². The van der Waals surface area contributed by atoms with E-state index in [4.69, 9.17) is 14.2 Å². The highest BCUT2D eigenvalue weighted by molar-refractivity contribution is 6.10. The number of hydrogen-bond donors (Lipinski definition) is 0. The predicted molar refractivity (Wildman–Crippen MR) is 111 cm³/mol. The number of para-hydroxylation sites is 1. The first-order chi connectivity index (χ1) is 14.1. The lowest BCUT2D eigenvalue weighted by molar-refractivity contribution is -0.151. The summed E-state index contributed by atoms with van der Waals surface area (Å²) in [6.45, 7) is 4.39. The summed E-state index contributed by atoms with van der Waals surface area (Å²) in [4.78, 5) is 25.7. The summed E-state index contributed by atoms with van der Waals surface area (Å²) in [5.41, 5.74) is 2.66. The highest BCUT2D eigenvalue weighted by Gasteiger charge is 2.40. The smallest absolute Gasteiger partial charge is 0.317 e. The minimum absolute atomic E-state index is 0.234. The first kappa shape index (κ1) is 20.6. The quantitative estimate of drug-likeness (QED) is 0.514. The monoisotopic (exact) mass is 394 g/mol. The molecular weight excluding hydrogens is 368 g/mol. The Kier molecular flexibility index (Phi) is 6.70. The van der Waals surface area contributed by atoms with Gasteiger partial charge in [-0.25, -0.2) is 0 Å². The number of benzene rings is 2. The predicted octanol–water partition coefficient (Wildman–Crippen LogP) is 4.41. The van der Waals surface area contributed by atoms with Gasteiger partial charge in [-0.05, 0) is 61.2 Å². The third-order valence-electron chi connectivity index (χ3n) is 5.08. The Morgan fingerprint density at radius 1 is 1.03 bits per heavy atom. The third-order valence-corrected chi connectivity index (χ3v) is 5.08. The fraction of sp³-hybridized carbons (Fsp3) is 0.333. The molecule has 0 saturated carbocycles. The number of esters is 1. The van der Waals surface area contributed by atoms with E-state index in [1.807, 2.05) is 55.5 Å². The summed E-state index contributed by atoms with van der Waals surface area (Å²) in [5, 5.41) is 0. The van der Waals surface area contributed by atoms with Crippen molar-refractivity contribution >= 4 is 17.3 Å². The van der Waals surface area contributed by atoms with Gasteiger partial charge in [-0.1, -0.05) is 30.3 Å². The van der Waals surface area contributed by atoms with Crippen LogP contribution in [0.25, 0.3) is 5.57 Å². The molecule has 2 atom stereocenters. The van der Waals surface area contributed by atoms with Gasteiger partial charge in [0, 0.05) is 5.92 Å². The summed E-state index contributed by atoms with van der Waals surface area (Å²) < 4.78 is 16.2. The van der Waals surface area contributed by atoms with Crippen LogP contribution < -0.4 is 9.47 Å². The van der Waals surface area contributed by atoms with E-state index in [-0.39, 0.29) is 18.3 Å². The van der Waals surface area contributed by atoms with Crippen LogP contribution in [0.2, 0.25) is 0 Å². The first-order valence-electron chi connectivity index (χ1n) is 9.86. The second-order valence-corrected chi connectivity index (χ2v) is 6.81. The van der Waals surface area contributed by atoms with Crippen LogP contribution in [-0.4, -0.2) is 32.1 Å². The minimum atomic E-state index is -0.876. The SMILES string of the molecule is CCOC(=O)[C@H]1C(=O)C=C(c2ccc(OC)cc2)C[C@@H]1c1ccccc1OCC. The molecule has 152 valence electrons. The summed E-state index contributed by atoms with van der Waals surface area (Å²) in [5.74, 6) is -0.516. The standard InChI is InChI=1S/C24H26O5/c1-4-28-22-9-7-6-8-19(22)20-14-17(16-10-12-18(27-3)13-11-16)15-21(25)23(20)24(26)29-5-2/h6-13,15,20,23H,4-5,14H2,1-3H3/t20-,23-/m1/s1. The Hall–Kier alpha value is -3.08.